The van der Waals surface area contributed by atoms with Crippen LogP contribution >= 0.6 is 11.6 Å². The summed E-state index contributed by atoms with van der Waals surface area (Å²) >= 11 is 5.97. The zero-order valence-electron chi connectivity index (χ0n) is 9.69. The summed E-state index contributed by atoms with van der Waals surface area (Å²) in [6.45, 7) is 0. The highest BCUT2D eigenvalue weighted by atomic mass is 35.5. The Kier molecular flexibility index (Phi) is 3.99. The van der Waals surface area contributed by atoms with Crippen molar-refractivity contribution in [3.63, 3.8) is 0 Å². The molecule has 0 saturated carbocycles. The Bertz CT molecular complexity index is 709. The fraction of sp³-hybridized carbons (Fsp3) is 0. The zero-order chi connectivity index (χ0) is 13.9. The predicted molar refractivity (Wildman–Crippen MR) is 75.0 cm³/mol. The number of hydrogen-bond donors (Lipinski definition) is 1. The van der Waals surface area contributed by atoms with Crippen molar-refractivity contribution in [2.24, 2.45) is 4.99 Å². The standard InChI is InChI=1S/C13H10ClNO3S/c14-13-4-2-1-3-10(13)9-15-11-5-7-12(8-6-11)19(16,17)18/h1-9H,(H,16,17,18). The lowest BCUT2D eigenvalue weighted by atomic mass is 10.2. The third-order valence-electron chi connectivity index (χ3n) is 2.39. The molecule has 0 bridgehead atoms. The second-order valence-electron chi connectivity index (χ2n) is 3.75. The molecule has 0 heterocycles. The minimum Gasteiger partial charge on any atom is -0.282 e. The maximum Gasteiger partial charge on any atom is 0.294 e. The van der Waals surface area contributed by atoms with E-state index in [0.29, 0.717) is 10.7 Å². The van der Waals surface area contributed by atoms with Crippen LogP contribution in [0.5, 0.6) is 0 Å². The summed E-state index contributed by atoms with van der Waals surface area (Å²) < 4.78 is 30.6. The van der Waals surface area contributed by atoms with Crippen LogP contribution in [-0.4, -0.2) is 19.2 Å². The molecule has 4 nitrogen and oxygen atoms in total. The van der Waals surface area contributed by atoms with Gasteiger partial charge in [-0.15, -0.1) is 0 Å². The van der Waals surface area contributed by atoms with Gasteiger partial charge in [0.15, 0.2) is 0 Å². The van der Waals surface area contributed by atoms with Crippen LogP contribution in [0.2, 0.25) is 5.02 Å². The summed E-state index contributed by atoms with van der Waals surface area (Å²) in [5.74, 6) is 0. The summed E-state index contributed by atoms with van der Waals surface area (Å²) in [7, 11) is -4.17. The van der Waals surface area contributed by atoms with E-state index >= 15 is 0 Å². The van der Waals surface area contributed by atoms with Crippen LogP contribution < -0.4 is 0 Å². The molecule has 0 unspecified atom stereocenters. The van der Waals surface area contributed by atoms with Gasteiger partial charge in [-0.25, -0.2) is 0 Å². The Morgan fingerprint density at radius 2 is 1.68 bits per heavy atom. The normalized spacial score (nSPS) is 11.9. The smallest absolute Gasteiger partial charge is 0.282 e. The number of nitrogens with zero attached hydrogens (tertiary/aromatic N) is 1. The fourth-order valence-electron chi connectivity index (χ4n) is 1.43. The molecule has 0 aliphatic rings. The third-order valence-corrected chi connectivity index (χ3v) is 3.60. The van der Waals surface area contributed by atoms with Crippen molar-refractivity contribution in [2.75, 3.05) is 0 Å². The Labute approximate surface area is 116 Å². The van der Waals surface area contributed by atoms with Crippen LogP contribution in [0, 0.1) is 0 Å². The van der Waals surface area contributed by atoms with E-state index in [0.717, 1.165) is 5.56 Å². The van der Waals surface area contributed by atoms with Gasteiger partial charge in [0.25, 0.3) is 10.1 Å². The highest BCUT2D eigenvalue weighted by Crippen LogP contribution is 2.18. The van der Waals surface area contributed by atoms with E-state index < -0.39 is 10.1 Å². The first-order valence-electron chi connectivity index (χ1n) is 5.33. The Hall–Kier alpha value is -1.69. The number of halogens is 1. The molecule has 0 aromatic heterocycles. The van der Waals surface area contributed by atoms with Crippen LogP contribution in [0.15, 0.2) is 58.4 Å². The molecule has 19 heavy (non-hydrogen) atoms. The van der Waals surface area contributed by atoms with Crippen molar-refractivity contribution in [1.82, 2.24) is 0 Å². The van der Waals surface area contributed by atoms with Gasteiger partial charge < -0.3 is 0 Å². The topological polar surface area (TPSA) is 66.7 Å². The first-order valence-corrected chi connectivity index (χ1v) is 7.15. The van der Waals surface area contributed by atoms with Gasteiger partial charge in [0.1, 0.15) is 0 Å². The van der Waals surface area contributed by atoms with E-state index in [1.165, 1.54) is 24.3 Å². The molecule has 0 spiro atoms. The molecule has 0 fully saturated rings. The van der Waals surface area contributed by atoms with Gasteiger partial charge in [-0.3, -0.25) is 9.55 Å². The summed E-state index contributed by atoms with van der Waals surface area (Å²) in [5, 5.41) is 0.584. The molecule has 2 aromatic rings. The Morgan fingerprint density at radius 3 is 2.26 bits per heavy atom. The quantitative estimate of drug-likeness (QED) is 0.697. The van der Waals surface area contributed by atoms with Crippen LogP contribution in [-0.2, 0) is 10.1 Å². The molecule has 2 aromatic carbocycles. The maximum atomic E-state index is 10.9. The van der Waals surface area contributed by atoms with Crippen LogP contribution in [0.4, 0.5) is 5.69 Å². The fourth-order valence-corrected chi connectivity index (χ4v) is 2.09. The van der Waals surface area contributed by atoms with Crippen LogP contribution in [0.3, 0.4) is 0 Å². The molecule has 98 valence electrons. The van der Waals surface area contributed by atoms with E-state index in [9.17, 15) is 8.42 Å². The van der Waals surface area contributed by atoms with Crippen LogP contribution in [0.25, 0.3) is 0 Å². The lowest BCUT2D eigenvalue weighted by Gasteiger charge is -1.98. The van der Waals surface area contributed by atoms with Crippen molar-refractivity contribution in [3.05, 3.63) is 59.1 Å². The summed E-state index contributed by atoms with van der Waals surface area (Å²) in [6.07, 6.45) is 1.59. The average Bonchev–Trinajstić information content (AvgIpc) is 2.37. The lowest BCUT2D eigenvalue weighted by molar-refractivity contribution is 0.483. The minimum absolute atomic E-state index is 0.163. The molecule has 1 N–H and O–H groups in total. The maximum absolute atomic E-state index is 10.9. The summed E-state index contributed by atoms with van der Waals surface area (Å²) in [4.78, 5) is 4.01. The molecule has 0 aliphatic heterocycles. The van der Waals surface area contributed by atoms with Gasteiger partial charge in [0.2, 0.25) is 0 Å². The molecule has 6 heteroatoms. The van der Waals surface area contributed by atoms with E-state index in [2.05, 4.69) is 4.99 Å². The number of rotatable bonds is 3. The predicted octanol–water partition coefficient (Wildman–Crippen LogP) is 3.34. The summed E-state index contributed by atoms with van der Waals surface area (Å²) in [6, 6.07) is 12.8. The second-order valence-corrected chi connectivity index (χ2v) is 5.58. The van der Waals surface area contributed by atoms with E-state index in [4.69, 9.17) is 16.2 Å². The average molecular weight is 296 g/mol. The second kappa shape index (κ2) is 5.52. The van der Waals surface area contributed by atoms with Crippen molar-refractivity contribution in [3.8, 4) is 0 Å². The lowest BCUT2D eigenvalue weighted by Crippen LogP contribution is -1.96. The van der Waals surface area contributed by atoms with E-state index in [1.807, 2.05) is 18.2 Å². The van der Waals surface area contributed by atoms with Crippen molar-refractivity contribution in [2.45, 2.75) is 4.90 Å². The van der Waals surface area contributed by atoms with E-state index in [-0.39, 0.29) is 4.90 Å². The first kappa shape index (κ1) is 13.7. The van der Waals surface area contributed by atoms with E-state index in [1.54, 1.807) is 12.3 Å². The van der Waals surface area contributed by atoms with Crippen molar-refractivity contribution < 1.29 is 13.0 Å². The van der Waals surface area contributed by atoms with Gasteiger partial charge in [-0.1, -0.05) is 29.8 Å². The highest BCUT2D eigenvalue weighted by Gasteiger charge is 2.07. The number of benzene rings is 2. The molecule has 0 radical (unpaired) electrons. The highest BCUT2D eigenvalue weighted by molar-refractivity contribution is 7.85. The monoisotopic (exact) mass is 295 g/mol. The van der Waals surface area contributed by atoms with Gasteiger partial charge in [-0.05, 0) is 30.3 Å². The Balaban J connectivity index is 2.23. The Morgan fingerprint density at radius 1 is 1.05 bits per heavy atom. The van der Waals surface area contributed by atoms with Gasteiger partial charge >= 0.3 is 0 Å². The molecule has 0 atom stereocenters. The number of hydrogen-bond acceptors (Lipinski definition) is 3. The first-order chi connectivity index (χ1) is 8.97. The molecule has 0 saturated heterocycles. The minimum atomic E-state index is -4.17. The molecular weight excluding hydrogens is 286 g/mol. The molecule has 0 aliphatic carbocycles. The van der Waals surface area contributed by atoms with Gasteiger partial charge in [0.05, 0.1) is 10.6 Å². The van der Waals surface area contributed by atoms with Crippen molar-refractivity contribution >= 4 is 33.6 Å². The van der Waals surface area contributed by atoms with Gasteiger partial charge in [-0.2, -0.15) is 8.42 Å². The number of aliphatic imine (C=N–C) groups is 1. The van der Waals surface area contributed by atoms with Crippen LogP contribution in [0.1, 0.15) is 5.56 Å². The zero-order valence-corrected chi connectivity index (χ0v) is 11.3. The van der Waals surface area contributed by atoms with Crippen molar-refractivity contribution in [1.29, 1.82) is 0 Å². The SMILES string of the molecule is O=S(=O)(O)c1ccc(N=Cc2ccccc2Cl)cc1. The molecule has 0 amide bonds. The molecule has 2 rings (SSSR count). The molecular formula is C13H10ClNO3S. The summed E-state index contributed by atoms with van der Waals surface area (Å²) in [5.41, 5.74) is 1.33. The third kappa shape index (κ3) is 3.64. The largest absolute Gasteiger partial charge is 0.294 e. The van der Waals surface area contributed by atoms with Gasteiger partial charge in [0, 0.05) is 16.8 Å².